The van der Waals surface area contributed by atoms with Gasteiger partial charge in [0.1, 0.15) is 0 Å². The monoisotopic (exact) mass is 298 g/mol. The molecule has 2 rings (SSSR count). The lowest BCUT2D eigenvalue weighted by molar-refractivity contribution is -0.132. The van der Waals surface area contributed by atoms with Crippen LogP contribution in [-0.4, -0.2) is 41.9 Å². The summed E-state index contributed by atoms with van der Waals surface area (Å²) in [5.74, 6) is 0.151. The van der Waals surface area contributed by atoms with E-state index in [1.807, 2.05) is 0 Å². The van der Waals surface area contributed by atoms with Gasteiger partial charge in [-0.25, -0.2) is 0 Å². The lowest BCUT2D eigenvalue weighted by atomic mass is 9.91. The molecule has 1 heterocycles. The molecule has 0 aliphatic carbocycles. The number of benzene rings is 1. The van der Waals surface area contributed by atoms with E-state index in [0.29, 0.717) is 25.7 Å². The molecule has 118 valence electrons. The average Bonchev–Trinajstić information content (AvgIpc) is 2.54. The van der Waals surface area contributed by atoms with Gasteiger partial charge in [0.25, 0.3) is 0 Å². The molecule has 0 aromatic heterocycles. The van der Waals surface area contributed by atoms with Crippen LogP contribution in [0, 0.1) is 0 Å². The van der Waals surface area contributed by atoms with Crippen molar-refractivity contribution in [1.82, 2.24) is 9.80 Å². The molecule has 0 radical (unpaired) electrons. The zero-order chi connectivity index (χ0) is 15.9. The van der Waals surface area contributed by atoms with Gasteiger partial charge in [0.05, 0.1) is 6.54 Å². The summed E-state index contributed by atoms with van der Waals surface area (Å²) in [6, 6.07) is 8.93. The molecule has 1 aromatic rings. The highest BCUT2D eigenvalue weighted by Gasteiger charge is 2.28. The highest BCUT2D eigenvalue weighted by Crippen LogP contribution is 2.31. The van der Waals surface area contributed by atoms with Crippen molar-refractivity contribution >= 4 is 5.91 Å². The van der Waals surface area contributed by atoms with Crippen molar-refractivity contribution in [3.63, 3.8) is 0 Å². The van der Waals surface area contributed by atoms with Crippen molar-refractivity contribution in [2.24, 2.45) is 0 Å². The fraction of sp³-hybridized carbons (Fsp3) is 0.421. The molecule has 3 heteroatoms. The summed E-state index contributed by atoms with van der Waals surface area (Å²) < 4.78 is 0. The second kappa shape index (κ2) is 7.95. The molecule has 3 nitrogen and oxygen atoms in total. The fourth-order valence-corrected chi connectivity index (χ4v) is 3.23. The lowest BCUT2D eigenvalue weighted by Gasteiger charge is -2.37. The molecule has 1 unspecified atom stereocenters. The quantitative estimate of drug-likeness (QED) is 0.722. The van der Waals surface area contributed by atoms with Gasteiger partial charge in [-0.05, 0) is 24.0 Å². The summed E-state index contributed by atoms with van der Waals surface area (Å²) in [6.07, 6.45) is 5.57. The molecule has 0 bridgehead atoms. The molecule has 0 saturated heterocycles. The Balaban J connectivity index is 2.10. The summed E-state index contributed by atoms with van der Waals surface area (Å²) >= 11 is 0. The van der Waals surface area contributed by atoms with Gasteiger partial charge in [-0.3, -0.25) is 9.69 Å². The Bertz CT molecular complexity index is 528. The van der Waals surface area contributed by atoms with Crippen molar-refractivity contribution in [3.05, 3.63) is 60.7 Å². The third-order valence-electron chi connectivity index (χ3n) is 4.30. The minimum absolute atomic E-state index is 0.151. The molecule has 0 saturated carbocycles. The number of hydrogen-bond donors (Lipinski definition) is 0. The van der Waals surface area contributed by atoms with Gasteiger partial charge < -0.3 is 4.90 Å². The third kappa shape index (κ3) is 3.66. The van der Waals surface area contributed by atoms with Crippen LogP contribution in [-0.2, 0) is 11.2 Å². The Hall–Kier alpha value is -1.87. The first kappa shape index (κ1) is 16.5. The molecular weight excluding hydrogens is 272 g/mol. The van der Waals surface area contributed by atoms with Gasteiger partial charge in [-0.15, -0.1) is 13.2 Å². The molecular formula is C19H26N2O. The first-order valence-corrected chi connectivity index (χ1v) is 8.02. The predicted octanol–water partition coefficient (Wildman–Crippen LogP) is 3.20. The highest BCUT2D eigenvalue weighted by atomic mass is 16.2. The topological polar surface area (TPSA) is 23.6 Å². The van der Waals surface area contributed by atoms with Crippen LogP contribution < -0.4 is 0 Å². The zero-order valence-corrected chi connectivity index (χ0v) is 13.5. The molecule has 22 heavy (non-hydrogen) atoms. The summed E-state index contributed by atoms with van der Waals surface area (Å²) in [5.41, 5.74) is 2.80. The summed E-state index contributed by atoms with van der Waals surface area (Å²) in [7, 11) is 0. The number of nitrogens with zero attached hydrogens (tertiary/aromatic N) is 2. The van der Waals surface area contributed by atoms with Gasteiger partial charge in [-0.2, -0.15) is 0 Å². The van der Waals surface area contributed by atoms with Gasteiger partial charge >= 0.3 is 0 Å². The van der Waals surface area contributed by atoms with Crippen molar-refractivity contribution < 1.29 is 4.79 Å². The molecule has 1 aliphatic heterocycles. The minimum atomic E-state index is 0.151. The minimum Gasteiger partial charge on any atom is -0.334 e. The average molecular weight is 298 g/mol. The molecule has 1 aliphatic rings. The maximum absolute atomic E-state index is 12.6. The van der Waals surface area contributed by atoms with E-state index in [1.165, 1.54) is 11.1 Å². The van der Waals surface area contributed by atoms with Crippen LogP contribution in [0.1, 0.15) is 30.5 Å². The zero-order valence-electron chi connectivity index (χ0n) is 13.5. The number of carbonyl (C=O) groups is 1. The van der Waals surface area contributed by atoms with Crippen LogP contribution in [0.25, 0.3) is 0 Å². The Morgan fingerprint density at radius 2 is 2.00 bits per heavy atom. The lowest BCUT2D eigenvalue weighted by Crippen LogP contribution is -2.44. The van der Waals surface area contributed by atoms with Crippen molar-refractivity contribution in [3.8, 4) is 0 Å². The summed E-state index contributed by atoms with van der Waals surface area (Å²) in [4.78, 5) is 16.7. The fourth-order valence-electron chi connectivity index (χ4n) is 3.23. The van der Waals surface area contributed by atoms with Crippen LogP contribution in [0.2, 0.25) is 0 Å². The first-order valence-electron chi connectivity index (χ1n) is 8.02. The van der Waals surface area contributed by atoms with E-state index in [-0.39, 0.29) is 5.91 Å². The summed E-state index contributed by atoms with van der Waals surface area (Å²) in [5, 5.41) is 0. The van der Waals surface area contributed by atoms with Crippen molar-refractivity contribution in [1.29, 1.82) is 0 Å². The van der Waals surface area contributed by atoms with Crippen LogP contribution in [0.5, 0.6) is 0 Å². The molecule has 1 atom stereocenters. The van der Waals surface area contributed by atoms with Crippen LogP contribution >= 0.6 is 0 Å². The molecule has 0 fully saturated rings. The molecule has 0 spiro atoms. The van der Waals surface area contributed by atoms with E-state index in [0.717, 1.165) is 19.4 Å². The van der Waals surface area contributed by atoms with Crippen LogP contribution in [0.3, 0.4) is 0 Å². The largest absolute Gasteiger partial charge is 0.334 e. The highest BCUT2D eigenvalue weighted by molar-refractivity contribution is 5.78. The smallest absolute Gasteiger partial charge is 0.237 e. The normalized spacial score (nSPS) is 17.6. The SMILES string of the molecule is C=CCN(CC=C)C(=O)CN1CCc2ccccc2C1CC. The predicted molar refractivity (Wildman–Crippen MR) is 91.7 cm³/mol. The van der Waals surface area contributed by atoms with E-state index in [2.05, 4.69) is 49.2 Å². The summed E-state index contributed by atoms with van der Waals surface area (Å²) in [6.45, 7) is 12.2. The van der Waals surface area contributed by atoms with E-state index in [1.54, 1.807) is 17.1 Å². The van der Waals surface area contributed by atoms with E-state index < -0.39 is 0 Å². The second-order valence-corrected chi connectivity index (χ2v) is 5.72. The van der Waals surface area contributed by atoms with Crippen molar-refractivity contribution in [2.75, 3.05) is 26.2 Å². The van der Waals surface area contributed by atoms with Crippen LogP contribution in [0.4, 0.5) is 0 Å². The number of hydrogen-bond acceptors (Lipinski definition) is 2. The molecule has 1 amide bonds. The standard InChI is InChI=1S/C19H26N2O/c1-4-12-20(13-5-2)19(22)15-21-14-11-16-9-7-8-10-17(16)18(21)6-3/h4-5,7-10,18H,1-2,6,11-15H2,3H3. The van der Waals surface area contributed by atoms with E-state index in [4.69, 9.17) is 0 Å². The van der Waals surface area contributed by atoms with Crippen molar-refractivity contribution in [2.45, 2.75) is 25.8 Å². The number of carbonyl (C=O) groups excluding carboxylic acids is 1. The number of amides is 1. The third-order valence-corrected chi connectivity index (χ3v) is 4.30. The van der Waals surface area contributed by atoms with E-state index >= 15 is 0 Å². The van der Waals surface area contributed by atoms with Gasteiger partial charge in [-0.1, -0.05) is 43.3 Å². The molecule has 1 aromatic carbocycles. The van der Waals surface area contributed by atoms with Gasteiger partial charge in [0, 0.05) is 25.7 Å². The maximum Gasteiger partial charge on any atom is 0.237 e. The Morgan fingerprint density at radius 1 is 1.32 bits per heavy atom. The number of rotatable bonds is 7. The van der Waals surface area contributed by atoms with E-state index in [9.17, 15) is 4.79 Å². The second-order valence-electron chi connectivity index (χ2n) is 5.72. The Kier molecular flexibility index (Phi) is 5.96. The Morgan fingerprint density at radius 3 is 2.64 bits per heavy atom. The number of fused-ring (bicyclic) bond motifs is 1. The first-order chi connectivity index (χ1) is 10.7. The van der Waals surface area contributed by atoms with Crippen LogP contribution in [0.15, 0.2) is 49.6 Å². The van der Waals surface area contributed by atoms with Gasteiger partial charge in [0.15, 0.2) is 0 Å². The van der Waals surface area contributed by atoms with Gasteiger partial charge in [0.2, 0.25) is 5.91 Å². The maximum atomic E-state index is 12.6. The molecule has 0 N–H and O–H groups in total. The Labute approximate surface area is 133 Å².